The SMILES string of the molecule is Cc1cc(F)ccc1Nc1nc2ccc3c(C)c(/C=C/CN4CCP(=O)(C5CC5)CC4)[nH]c(=O)c3c2n1C. The molecule has 0 unspecified atom stereocenters. The molecule has 0 radical (unpaired) electrons. The molecule has 1 saturated carbocycles. The Morgan fingerprint density at radius 1 is 1.18 bits per heavy atom. The number of H-pyrrole nitrogens is 1. The number of benzene rings is 2. The van der Waals surface area contributed by atoms with E-state index in [9.17, 15) is 13.8 Å². The molecular weight excluding hydrogens is 500 g/mol. The molecule has 4 aromatic rings. The van der Waals surface area contributed by atoms with Crippen molar-refractivity contribution < 1.29 is 8.96 Å². The van der Waals surface area contributed by atoms with E-state index in [0.29, 0.717) is 22.5 Å². The summed E-state index contributed by atoms with van der Waals surface area (Å²) in [4.78, 5) is 23.5. The van der Waals surface area contributed by atoms with E-state index in [1.807, 2.05) is 43.7 Å². The smallest absolute Gasteiger partial charge is 0.258 e. The number of halogens is 1. The van der Waals surface area contributed by atoms with Gasteiger partial charge in [0, 0.05) is 56.0 Å². The zero-order valence-electron chi connectivity index (χ0n) is 22.1. The number of fused-ring (bicyclic) bond motifs is 3. The quantitative estimate of drug-likeness (QED) is 0.308. The maximum Gasteiger partial charge on any atom is 0.258 e. The third-order valence-corrected chi connectivity index (χ3v) is 12.0. The second-order valence-electron chi connectivity index (χ2n) is 10.8. The van der Waals surface area contributed by atoms with Gasteiger partial charge in [-0.2, -0.15) is 0 Å². The van der Waals surface area contributed by atoms with E-state index in [2.05, 4.69) is 21.3 Å². The predicted molar refractivity (Wildman–Crippen MR) is 154 cm³/mol. The van der Waals surface area contributed by atoms with Crippen molar-refractivity contribution in [3.63, 3.8) is 0 Å². The van der Waals surface area contributed by atoms with Gasteiger partial charge in [-0.3, -0.25) is 9.69 Å². The van der Waals surface area contributed by atoms with E-state index in [1.54, 1.807) is 6.07 Å². The number of rotatable bonds is 6. The summed E-state index contributed by atoms with van der Waals surface area (Å²) in [5.41, 5.74) is 5.14. The fraction of sp³-hybridized carbons (Fsp3) is 0.379. The molecule has 6 rings (SSSR count). The van der Waals surface area contributed by atoms with Crippen LogP contribution >= 0.6 is 7.14 Å². The van der Waals surface area contributed by atoms with Gasteiger partial charge in [0.05, 0.1) is 23.6 Å². The number of imidazole rings is 1. The minimum Gasteiger partial charge on any atom is -0.325 e. The van der Waals surface area contributed by atoms with E-state index in [0.717, 1.165) is 78.2 Å². The number of anilines is 2. The summed E-state index contributed by atoms with van der Waals surface area (Å²) in [6, 6.07) is 8.47. The van der Waals surface area contributed by atoms with Crippen LogP contribution in [0.25, 0.3) is 27.9 Å². The van der Waals surface area contributed by atoms with Crippen molar-refractivity contribution in [2.75, 3.05) is 37.3 Å². The minimum absolute atomic E-state index is 0.160. The summed E-state index contributed by atoms with van der Waals surface area (Å²) < 4.78 is 28.4. The summed E-state index contributed by atoms with van der Waals surface area (Å²) in [7, 11) is -0.0565. The van der Waals surface area contributed by atoms with E-state index >= 15 is 0 Å². The highest BCUT2D eigenvalue weighted by Gasteiger charge is 2.42. The van der Waals surface area contributed by atoms with Crippen LogP contribution in [-0.4, -0.2) is 57.1 Å². The van der Waals surface area contributed by atoms with E-state index in [4.69, 9.17) is 4.98 Å². The van der Waals surface area contributed by atoms with Crippen LogP contribution in [0.2, 0.25) is 0 Å². The number of aromatic amines is 1. The Morgan fingerprint density at radius 2 is 1.95 bits per heavy atom. The first-order valence-corrected chi connectivity index (χ1v) is 15.4. The fourth-order valence-electron chi connectivity index (χ4n) is 5.69. The normalized spacial score (nSPS) is 18.1. The van der Waals surface area contributed by atoms with Gasteiger partial charge >= 0.3 is 0 Å². The standard InChI is InChI=1S/C29H33FN5O2P/c1-18-17-20(30)6-10-23(18)32-29-33-25-11-9-22-19(2)24(31-28(36)26(22)27(25)34(29)3)5-4-12-35-13-15-38(37,16-14-35)21-7-8-21/h4-6,9-11,17,21H,7-8,12-16H2,1-3H3,(H,31,36)(H,32,33)/b5-4+. The van der Waals surface area contributed by atoms with Gasteiger partial charge in [-0.05, 0) is 73.5 Å². The van der Waals surface area contributed by atoms with Crippen molar-refractivity contribution in [3.8, 4) is 0 Å². The highest BCUT2D eigenvalue weighted by Crippen LogP contribution is 2.61. The Kier molecular flexibility index (Phi) is 6.28. The molecule has 3 heterocycles. The lowest BCUT2D eigenvalue weighted by Gasteiger charge is -2.31. The number of nitrogens with one attached hydrogen (secondary N) is 2. The third kappa shape index (κ3) is 4.50. The Morgan fingerprint density at radius 3 is 2.66 bits per heavy atom. The van der Waals surface area contributed by atoms with Gasteiger partial charge in [0.1, 0.15) is 5.82 Å². The van der Waals surface area contributed by atoms with Crippen LogP contribution < -0.4 is 10.9 Å². The summed E-state index contributed by atoms with van der Waals surface area (Å²) in [5.74, 6) is 0.294. The summed E-state index contributed by atoms with van der Waals surface area (Å²) in [6.07, 6.45) is 8.08. The molecule has 198 valence electrons. The van der Waals surface area contributed by atoms with Gasteiger partial charge < -0.3 is 19.4 Å². The second-order valence-corrected chi connectivity index (χ2v) is 14.3. The maximum atomic E-state index is 13.5. The molecule has 0 bridgehead atoms. The third-order valence-electron chi connectivity index (χ3n) is 8.20. The maximum absolute atomic E-state index is 13.5. The van der Waals surface area contributed by atoms with Gasteiger partial charge in [-0.25, -0.2) is 9.37 Å². The first-order chi connectivity index (χ1) is 18.2. The Balaban J connectivity index is 1.27. The molecule has 38 heavy (non-hydrogen) atoms. The number of aromatic nitrogens is 3. The number of hydrogen-bond donors (Lipinski definition) is 2. The van der Waals surface area contributed by atoms with Crippen molar-refractivity contribution in [2.45, 2.75) is 32.3 Å². The van der Waals surface area contributed by atoms with Gasteiger partial charge in [0.25, 0.3) is 5.56 Å². The minimum atomic E-state index is -1.93. The van der Waals surface area contributed by atoms with Crippen LogP contribution in [0.3, 0.4) is 0 Å². The highest BCUT2D eigenvalue weighted by molar-refractivity contribution is 7.65. The summed E-state index contributed by atoms with van der Waals surface area (Å²) >= 11 is 0. The largest absolute Gasteiger partial charge is 0.325 e. The first kappa shape index (κ1) is 25.1. The fourth-order valence-corrected chi connectivity index (χ4v) is 8.98. The lowest BCUT2D eigenvalue weighted by molar-refractivity contribution is 0.326. The van der Waals surface area contributed by atoms with Gasteiger partial charge in [0.2, 0.25) is 5.95 Å². The molecule has 2 N–H and O–H groups in total. The molecule has 0 spiro atoms. The molecule has 0 amide bonds. The molecule has 9 heteroatoms. The van der Waals surface area contributed by atoms with Crippen LogP contribution in [0.1, 0.15) is 29.7 Å². The van der Waals surface area contributed by atoms with Gasteiger partial charge in [-0.15, -0.1) is 0 Å². The Labute approximate surface area is 221 Å². The molecule has 2 fully saturated rings. The van der Waals surface area contributed by atoms with Gasteiger partial charge in [0.15, 0.2) is 0 Å². The molecule has 1 aliphatic heterocycles. The lowest BCUT2D eigenvalue weighted by Crippen LogP contribution is -2.35. The predicted octanol–water partition coefficient (Wildman–Crippen LogP) is 5.77. The average Bonchev–Trinajstić information content (AvgIpc) is 3.70. The van der Waals surface area contributed by atoms with Crippen molar-refractivity contribution in [3.05, 3.63) is 69.4 Å². The molecule has 0 atom stereocenters. The molecule has 2 aliphatic rings. The summed E-state index contributed by atoms with van der Waals surface area (Å²) in [6.45, 7) is 6.41. The van der Waals surface area contributed by atoms with Crippen molar-refractivity contribution in [2.24, 2.45) is 7.05 Å². The zero-order chi connectivity index (χ0) is 26.6. The van der Waals surface area contributed by atoms with Crippen LogP contribution in [-0.2, 0) is 11.6 Å². The van der Waals surface area contributed by atoms with E-state index < -0.39 is 7.14 Å². The number of aryl methyl sites for hydroxylation is 3. The first-order valence-electron chi connectivity index (χ1n) is 13.3. The summed E-state index contributed by atoms with van der Waals surface area (Å²) in [5, 5.41) is 4.77. The van der Waals surface area contributed by atoms with Crippen molar-refractivity contribution in [1.82, 2.24) is 19.4 Å². The lowest BCUT2D eigenvalue weighted by atomic mass is 10.0. The molecule has 2 aromatic carbocycles. The molecular formula is C29H33FN5O2P. The molecule has 2 aromatic heterocycles. The van der Waals surface area contributed by atoms with E-state index in [1.165, 1.54) is 12.1 Å². The van der Waals surface area contributed by atoms with Crippen molar-refractivity contribution >= 4 is 46.7 Å². The van der Waals surface area contributed by atoms with Crippen LogP contribution in [0.5, 0.6) is 0 Å². The van der Waals surface area contributed by atoms with E-state index in [-0.39, 0.29) is 11.4 Å². The Hall–Kier alpha value is -3.22. The monoisotopic (exact) mass is 533 g/mol. The molecule has 1 aliphatic carbocycles. The second kappa shape index (κ2) is 9.51. The highest BCUT2D eigenvalue weighted by atomic mass is 31.2. The average molecular weight is 534 g/mol. The molecule has 7 nitrogen and oxygen atoms in total. The zero-order valence-corrected chi connectivity index (χ0v) is 22.9. The number of pyridine rings is 1. The Bertz CT molecular complexity index is 1690. The van der Waals surface area contributed by atoms with Crippen LogP contribution in [0.4, 0.5) is 16.0 Å². The van der Waals surface area contributed by atoms with Crippen molar-refractivity contribution in [1.29, 1.82) is 0 Å². The van der Waals surface area contributed by atoms with Crippen LogP contribution in [0, 0.1) is 19.7 Å². The topological polar surface area (TPSA) is 83.0 Å². The number of hydrogen-bond acceptors (Lipinski definition) is 5. The molecule has 1 saturated heterocycles. The van der Waals surface area contributed by atoms with Crippen LogP contribution in [0.15, 0.2) is 41.2 Å². The number of nitrogens with zero attached hydrogens (tertiary/aromatic N) is 3. The van der Waals surface area contributed by atoms with Gasteiger partial charge in [-0.1, -0.05) is 12.1 Å².